The third-order valence-electron chi connectivity index (χ3n) is 3.01. The zero-order valence-electron chi connectivity index (χ0n) is 9.20. The highest BCUT2D eigenvalue weighted by atomic mass is 79.9. The normalized spacial score (nSPS) is 19.6. The Hall–Kier alpha value is -0.740. The number of carbonyl (C=O) groups excluding carboxylic acids is 1. The standard InChI is InChI=1S/C12H13BrClNO2/c13-8-3-4-11(16)10(6-8)12(17)15-5-1-2-9(15)7-14/h3-4,6,9,16H,1-2,5,7H2. The van der Waals surface area contributed by atoms with Gasteiger partial charge < -0.3 is 10.0 Å². The van der Waals surface area contributed by atoms with E-state index >= 15 is 0 Å². The summed E-state index contributed by atoms with van der Waals surface area (Å²) in [5, 5.41) is 9.72. The Morgan fingerprint density at radius 3 is 3.06 bits per heavy atom. The molecule has 0 aromatic heterocycles. The van der Waals surface area contributed by atoms with Crippen molar-refractivity contribution in [2.45, 2.75) is 18.9 Å². The molecule has 1 aromatic rings. The third kappa shape index (κ3) is 2.58. The predicted molar refractivity (Wildman–Crippen MR) is 70.6 cm³/mol. The van der Waals surface area contributed by atoms with Gasteiger partial charge in [0.25, 0.3) is 5.91 Å². The molecule has 1 N–H and O–H groups in total. The number of carbonyl (C=O) groups is 1. The molecule has 1 amide bonds. The molecule has 1 atom stereocenters. The van der Waals surface area contributed by atoms with E-state index in [1.807, 2.05) is 0 Å². The van der Waals surface area contributed by atoms with Crippen molar-refractivity contribution in [3.63, 3.8) is 0 Å². The maximum Gasteiger partial charge on any atom is 0.257 e. The molecular formula is C12H13BrClNO2. The van der Waals surface area contributed by atoms with Crippen LogP contribution in [0, 0.1) is 0 Å². The second-order valence-corrected chi connectivity index (χ2v) is 5.33. The Morgan fingerprint density at radius 1 is 1.59 bits per heavy atom. The molecule has 3 nitrogen and oxygen atoms in total. The van der Waals surface area contributed by atoms with Gasteiger partial charge in [0.2, 0.25) is 0 Å². The predicted octanol–water partition coefficient (Wildman–Crippen LogP) is 3.00. The van der Waals surface area contributed by atoms with E-state index < -0.39 is 0 Å². The molecule has 1 aliphatic heterocycles. The minimum absolute atomic E-state index is 0.0124. The minimum atomic E-state index is -0.146. The third-order valence-corrected chi connectivity index (χ3v) is 3.85. The quantitative estimate of drug-likeness (QED) is 0.852. The zero-order chi connectivity index (χ0) is 12.4. The summed E-state index contributed by atoms with van der Waals surface area (Å²) < 4.78 is 0.778. The van der Waals surface area contributed by atoms with Crippen LogP contribution in [0.25, 0.3) is 0 Å². The summed E-state index contributed by atoms with van der Waals surface area (Å²) in [6.07, 6.45) is 1.90. The van der Waals surface area contributed by atoms with Crippen LogP contribution in [-0.4, -0.2) is 34.4 Å². The molecule has 2 rings (SSSR count). The average molecular weight is 319 g/mol. The van der Waals surface area contributed by atoms with Gasteiger partial charge in [0.05, 0.1) is 5.56 Å². The Bertz CT molecular complexity index is 439. The second kappa shape index (κ2) is 5.27. The number of alkyl halides is 1. The maximum atomic E-state index is 12.3. The number of halogens is 2. The largest absolute Gasteiger partial charge is 0.507 e. The number of phenolic OH excluding ortho intramolecular Hbond substituents is 1. The van der Waals surface area contributed by atoms with Gasteiger partial charge in [0, 0.05) is 22.9 Å². The highest BCUT2D eigenvalue weighted by molar-refractivity contribution is 9.10. The molecule has 5 heteroatoms. The first-order valence-corrected chi connectivity index (χ1v) is 6.81. The molecule has 0 radical (unpaired) electrons. The summed E-state index contributed by atoms with van der Waals surface area (Å²) in [5.41, 5.74) is 0.330. The highest BCUT2D eigenvalue weighted by Crippen LogP contribution is 2.27. The lowest BCUT2D eigenvalue weighted by molar-refractivity contribution is 0.0746. The van der Waals surface area contributed by atoms with Crippen molar-refractivity contribution in [2.24, 2.45) is 0 Å². The van der Waals surface area contributed by atoms with Gasteiger partial charge in [0.15, 0.2) is 0 Å². The first-order valence-electron chi connectivity index (χ1n) is 5.49. The summed E-state index contributed by atoms with van der Waals surface area (Å²) in [4.78, 5) is 14.0. The molecule has 92 valence electrons. The van der Waals surface area contributed by atoms with Crippen LogP contribution in [0.15, 0.2) is 22.7 Å². The molecule has 1 aromatic carbocycles. The summed E-state index contributed by atoms with van der Waals surface area (Å²) in [5.74, 6) is 0.311. The monoisotopic (exact) mass is 317 g/mol. The van der Waals surface area contributed by atoms with E-state index in [-0.39, 0.29) is 17.7 Å². The summed E-state index contributed by atoms with van der Waals surface area (Å²) in [6, 6.07) is 4.95. The minimum Gasteiger partial charge on any atom is -0.507 e. The number of rotatable bonds is 2. The van der Waals surface area contributed by atoms with Crippen molar-refractivity contribution in [2.75, 3.05) is 12.4 Å². The lowest BCUT2D eigenvalue weighted by Gasteiger charge is -2.23. The van der Waals surface area contributed by atoms with E-state index in [0.29, 0.717) is 18.0 Å². The summed E-state index contributed by atoms with van der Waals surface area (Å²) in [6.45, 7) is 0.710. The smallest absolute Gasteiger partial charge is 0.257 e. The second-order valence-electron chi connectivity index (χ2n) is 4.11. The zero-order valence-corrected chi connectivity index (χ0v) is 11.5. The summed E-state index contributed by atoms with van der Waals surface area (Å²) in [7, 11) is 0. The molecule has 0 bridgehead atoms. The fourth-order valence-corrected chi connectivity index (χ4v) is 2.78. The van der Waals surface area contributed by atoms with Crippen LogP contribution in [0.4, 0.5) is 0 Å². The molecule has 1 fully saturated rings. The van der Waals surface area contributed by atoms with Crippen molar-refractivity contribution in [1.29, 1.82) is 0 Å². The first kappa shape index (κ1) is 12.7. The van der Waals surface area contributed by atoms with E-state index in [2.05, 4.69) is 15.9 Å². The number of nitrogens with zero attached hydrogens (tertiary/aromatic N) is 1. The molecule has 1 saturated heterocycles. The lowest BCUT2D eigenvalue weighted by Crippen LogP contribution is -2.36. The fourth-order valence-electron chi connectivity index (χ4n) is 2.10. The molecule has 0 aliphatic carbocycles. The van der Waals surface area contributed by atoms with Crippen molar-refractivity contribution in [3.8, 4) is 5.75 Å². The van der Waals surface area contributed by atoms with Crippen LogP contribution in [0.2, 0.25) is 0 Å². The van der Waals surface area contributed by atoms with E-state index in [0.717, 1.165) is 17.3 Å². The van der Waals surface area contributed by atoms with E-state index in [4.69, 9.17) is 11.6 Å². The number of amides is 1. The van der Waals surface area contributed by atoms with Gasteiger partial charge in [-0.05, 0) is 31.0 Å². The van der Waals surface area contributed by atoms with Crippen LogP contribution < -0.4 is 0 Å². The number of hydrogen-bond donors (Lipinski definition) is 1. The summed E-state index contributed by atoms with van der Waals surface area (Å²) >= 11 is 9.14. The van der Waals surface area contributed by atoms with Crippen LogP contribution in [0.3, 0.4) is 0 Å². The average Bonchev–Trinajstić information content (AvgIpc) is 2.79. The molecule has 17 heavy (non-hydrogen) atoms. The van der Waals surface area contributed by atoms with Crippen LogP contribution in [0.5, 0.6) is 5.75 Å². The van der Waals surface area contributed by atoms with Crippen molar-refractivity contribution >= 4 is 33.4 Å². The van der Waals surface area contributed by atoms with Gasteiger partial charge in [-0.3, -0.25) is 4.79 Å². The van der Waals surface area contributed by atoms with Gasteiger partial charge >= 0.3 is 0 Å². The number of likely N-dealkylation sites (tertiary alicyclic amines) is 1. The van der Waals surface area contributed by atoms with Crippen molar-refractivity contribution < 1.29 is 9.90 Å². The van der Waals surface area contributed by atoms with Gasteiger partial charge in [-0.1, -0.05) is 15.9 Å². The van der Waals surface area contributed by atoms with Crippen LogP contribution in [-0.2, 0) is 0 Å². The molecule has 0 saturated carbocycles. The van der Waals surface area contributed by atoms with E-state index in [9.17, 15) is 9.90 Å². The van der Waals surface area contributed by atoms with Crippen LogP contribution in [0.1, 0.15) is 23.2 Å². The SMILES string of the molecule is O=C(c1cc(Br)ccc1O)N1CCCC1CCl. The van der Waals surface area contributed by atoms with Gasteiger partial charge in [-0.2, -0.15) is 0 Å². The van der Waals surface area contributed by atoms with Gasteiger partial charge in [-0.25, -0.2) is 0 Å². The topological polar surface area (TPSA) is 40.5 Å². The van der Waals surface area contributed by atoms with Crippen molar-refractivity contribution in [3.05, 3.63) is 28.2 Å². The van der Waals surface area contributed by atoms with Gasteiger partial charge in [-0.15, -0.1) is 11.6 Å². The molecular weight excluding hydrogens is 305 g/mol. The Balaban J connectivity index is 2.27. The highest BCUT2D eigenvalue weighted by Gasteiger charge is 2.29. The Labute approximate surface area is 114 Å². The van der Waals surface area contributed by atoms with Crippen molar-refractivity contribution in [1.82, 2.24) is 4.90 Å². The lowest BCUT2D eigenvalue weighted by atomic mass is 10.1. The number of benzene rings is 1. The first-order chi connectivity index (χ1) is 8.13. The molecule has 0 spiro atoms. The molecule has 1 aliphatic rings. The Morgan fingerprint density at radius 2 is 2.35 bits per heavy atom. The number of hydrogen-bond acceptors (Lipinski definition) is 2. The number of aromatic hydroxyl groups is 1. The van der Waals surface area contributed by atoms with E-state index in [1.54, 1.807) is 17.0 Å². The van der Waals surface area contributed by atoms with Crippen LogP contribution >= 0.6 is 27.5 Å². The fraction of sp³-hybridized carbons (Fsp3) is 0.417. The molecule has 1 unspecified atom stereocenters. The molecule has 1 heterocycles. The Kier molecular flexibility index (Phi) is 3.94. The maximum absolute atomic E-state index is 12.3. The van der Waals surface area contributed by atoms with Gasteiger partial charge in [0.1, 0.15) is 5.75 Å². The van der Waals surface area contributed by atoms with E-state index in [1.165, 1.54) is 6.07 Å². The number of phenols is 1.